The summed E-state index contributed by atoms with van der Waals surface area (Å²) < 4.78 is 34.5. The Morgan fingerprint density at radius 2 is 1.77 bits per heavy atom. The predicted octanol–water partition coefficient (Wildman–Crippen LogP) is 2.89. The molecule has 0 saturated carbocycles. The lowest BCUT2D eigenvalue weighted by Gasteiger charge is -2.07. The van der Waals surface area contributed by atoms with Crippen LogP contribution in [0.3, 0.4) is 0 Å². The zero-order chi connectivity index (χ0) is 21.3. The Labute approximate surface area is 170 Å². The molecule has 0 spiro atoms. The average molecular weight is 412 g/mol. The summed E-state index contributed by atoms with van der Waals surface area (Å²) in [5.74, 6) is 0.327. The molecule has 30 heavy (non-hydrogen) atoms. The van der Waals surface area contributed by atoms with E-state index in [1.54, 1.807) is 34.7 Å². The Hall–Kier alpha value is -3.76. The molecule has 0 aliphatic carbocycles. The quantitative estimate of drug-likeness (QED) is 0.480. The van der Waals surface area contributed by atoms with Gasteiger partial charge in [-0.2, -0.15) is 5.10 Å². The van der Waals surface area contributed by atoms with Gasteiger partial charge in [-0.1, -0.05) is 5.21 Å². The number of hydrogen-bond acceptors (Lipinski definition) is 7. The smallest absolute Gasteiger partial charge is 0.265 e. The van der Waals surface area contributed by atoms with Crippen LogP contribution in [0, 0.1) is 6.92 Å². The van der Waals surface area contributed by atoms with Crippen molar-refractivity contribution in [3.63, 3.8) is 0 Å². The van der Waals surface area contributed by atoms with Gasteiger partial charge in [-0.25, -0.2) is 13.5 Å². The molecule has 0 fully saturated rings. The van der Waals surface area contributed by atoms with E-state index in [4.69, 9.17) is 4.74 Å². The van der Waals surface area contributed by atoms with E-state index in [2.05, 4.69) is 30.6 Å². The summed E-state index contributed by atoms with van der Waals surface area (Å²) in [6.45, 7) is 2.06. The van der Waals surface area contributed by atoms with Gasteiger partial charge >= 0.3 is 0 Å². The van der Waals surface area contributed by atoms with Crippen molar-refractivity contribution in [2.45, 2.75) is 20.0 Å². The highest BCUT2D eigenvalue weighted by Gasteiger charge is 2.17. The fourth-order valence-electron chi connectivity index (χ4n) is 2.85. The summed E-state index contributed by atoms with van der Waals surface area (Å²) in [5, 5.41) is 20.6. The van der Waals surface area contributed by atoms with Crippen molar-refractivity contribution in [3.8, 4) is 28.5 Å². The molecule has 4 rings (SSSR count). The number of rotatable bonds is 6. The second kappa shape index (κ2) is 7.93. The fraction of sp³-hybridized carbons (Fsp3) is 0.263. The molecule has 0 atom stereocenters. The van der Waals surface area contributed by atoms with Crippen molar-refractivity contribution in [3.05, 3.63) is 53.6 Å². The summed E-state index contributed by atoms with van der Waals surface area (Å²) in [7, 11) is 3.57. The van der Waals surface area contributed by atoms with E-state index in [1.807, 2.05) is 14.0 Å². The zero-order valence-electron chi connectivity index (χ0n) is 16.5. The van der Waals surface area contributed by atoms with E-state index in [1.165, 1.54) is 12.1 Å². The first-order chi connectivity index (χ1) is 14.4. The van der Waals surface area contributed by atoms with Gasteiger partial charge in [0.2, 0.25) is 5.88 Å². The van der Waals surface area contributed by atoms with E-state index in [-0.39, 0.29) is 12.2 Å². The second-order valence-corrected chi connectivity index (χ2v) is 6.60. The van der Waals surface area contributed by atoms with Crippen molar-refractivity contribution in [2.75, 3.05) is 0 Å². The number of ether oxygens (including phenoxy) is 1. The molecule has 9 nitrogen and oxygen atoms in total. The highest BCUT2D eigenvalue weighted by atomic mass is 19.3. The highest BCUT2D eigenvalue weighted by Crippen LogP contribution is 2.24. The Balaban J connectivity index is 1.50. The van der Waals surface area contributed by atoms with Gasteiger partial charge < -0.3 is 4.74 Å². The molecule has 0 bridgehead atoms. The summed E-state index contributed by atoms with van der Waals surface area (Å²) in [5.41, 5.74) is 3.93. The van der Waals surface area contributed by atoms with Crippen LogP contribution in [0.25, 0.3) is 22.6 Å². The molecule has 154 valence electrons. The van der Waals surface area contributed by atoms with Crippen LogP contribution in [0.4, 0.5) is 8.78 Å². The maximum atomic E-state index is 12.7. The van der Waals surface area contributed by atoms with Gasteiger partial charge in [-0.05, 0) is 25.1 Å². The lowest BCUT2D eigenvalue weighted by atomic mass is 10.2. The van der Waals surface area contributed by atoms with Gasteiger partial charge in [0, 0.05) is 43.2 Å². The molecule has 0 aromatic carbocycles. The fourth-order valence-corrected chi connectivity index (χ4v) is 2.85. The minimum Gasteiger partial charge on any atom is -0.470 e. The molecule has 0 unspecified atom stereocenters. The van der Waals surface area contributed by atoms with Crippen molar-refractivity contribution >= 4 is 0 Å². The Morgan fingerprint density at radius 1 is 0.967 bits per heavy atom. The molecule has 0 N–H and O–H groups in total. The molecule has 4 aromatic heterocycles. The van der Waals surface area contributed by atoms with E-state index in [0.29, 0.717) is 28.7 Å². The molecule has 11 heteroatoms. The van der Waals surface area contributed by atoms with Crippen LogP contribution in [0.5, 0.6) is 5.88 Å². The summed E-state index contributed by atoms with van der Waals surface area (Å²) in [6.07, 6.45) is 0.289. The van der Waals surface area contributed by atoms with Gasteiger partial charge in [0.1, 0.15) is 18.0 Å². The van der Waals surface area contributed by atoms with Crippen molar-refractivity contribution in [1.82, 2.24) is 40.0 Å². The lowest BCUT2D eigenvalue weighted by Crippen LogP contribution is -2.06. The Morgan fingerprint density at radius 3 is 2.37 bits per heavy atom. The average Bonchev–Trinajstić information content (AvgIpc) is 3.29. The Bertz CT molecular complexity index is 1150. The van der Waals surface area contributed by atoms with Gasteiger partial charge in [0.15, 0.2) is 0 Å². The van der Waals surface area contributed by atoms with E-state index in [0.717, 1.165) is 17.5 Å². The first-order valence-electron chi connectivity index (χ1n) is 9.02. The first kappa shape index (κ1) is 19.6. The van der Waals surface area contributed by atoms with E-state index < -0.39 is 6.43 Å². The summed E-state index contributed by atoms with van der Waals surface area (Å²) in [6, 6.07) is 6.32. The van der Waals surface area contributed by atoms with Crippen LogP contribution in [0.2, 0.25) is 0 Å². The van der Waals surface area contributed by atoms with E-state index in [9.17, 15) is 8.78 Å². The van der Waals surface area contributed by atoms with Crippen LogP contribution in [0.15, 0.2) is 36.7 Å². The molecule has 0 aliphatic rings. The monoisotopic (exact) mass is 412 g/mol. The number of hydrogen-bond donors (Lipinski definition) is 0. The van der Waals surface area contributed by atoms with Crippen molar-refractivity contribution in [2.24, 2.45) is 14.1 Å². The van der Waals surface area contributed by atoms with E-state index >= 15 is 0 Å². The van der Waals surface area contributed by atoms with Gasteiger partial charge in [0.05, 0.1) is 17.6 Å². The van der Waals surface area contributed by atoms with Gasteiger partial charge in [-0.15, -0.1) is 15.3 Å². The lowest BCUT2D eigenvalue weighted by molar-refractivity contribution is 0.151. The third-order valence-corrected chi connectivity index (χ3v) is 4.73. The standard InChI is InChI=1S/C19H18F2N8O/c1-11-13(9-23-28(11)2)14-6-7-17(25-24-14)30-10-16-18(26-27-29(16)3)15-5-4-12(8-22-15)19(20)21/h4-9,19H,10H2,1-3H3. The normalized spacial score (nSPS) is 11.3. The number of pyridine rings is 1. The van der Waals surface area contributed by atoms with Crippen LogP contribution < -0.4 is 4.74 Å². The van der Waals surface area contributed by atoms with Gasteiger partial charge in [-0.3, -0.25) is 9.67 Å². The van der Waals surface area contributed by atoms with Gasteiger partial charge in [0.25, 0.3) is 6.43 Å². The summed E-state index contributed by atoms with van der Waals surface area (Å²) in [4.78, 5) is 4.07. The third-order valence-electron chi connectivity index (χ3n) is 4.73. The number of aryl methyl sites for hydroxylation is 2. The maximum absolute atomic E-state index is 12.7. The summed E-state index contributed by atoms with van der Waals surface area (Å²) >= 11 is 0. The Kier molecular flexibility index (Phi) is 5.17. The molecular formula is C19H18F2N8O. The molecule has 0 radical (unpaired) electrons. The number of aromatic nitrogens is 8. The van der Waals surface area contributed by atoms with Crippen LogP contribution in [-0.4, -0.2) is 40.0 Å². The zero-order valence-corrected chi connectivity index (χ0v) is 16.5. The number of nitrogens with zero attached hydrogens (tertiary/aromatic N) is 8. The highest BCUT2D eigenvalue weighted by molar-refractivity contribution is 5.60. The topological polar surface area (TPSA) is 96.4 Å². The second-order valence-electron chi connectivity index (χ2n) is 6.60. The molecule has 4 aromatic rings. The van der Waals surface area contributed by atoms with Crippen molar-refractivity contribution < 1.29 is 13.5 Å². The van der Waals surface area contributed by atoms with Crippen LogP contribution in [0.1, 0.15) is 23.4 Å². The predicted molar refractivity (Wildman–Crippen MR) is 102 cm³/mol. The first-order valence-corrected chi connectivity index (χ1v) is 9.02. The maximum Gasteiger partial charge on any atom is 0.265 e. The molecule has 4 heterocycles. The number of halogens is 2. The minimum atomic E-state index is -2.58. The minimum absolute atomic E-state index is 0.108. The largest absolute Gasteiger partial charge is 0.470 e. The molecule has 0 aliphatic heterocycles. The molecular weight excluding hydrogens is 394 g/mol. The third kappa shape index (κ3) is 3.73. The number of alkyl halides is 2. The van der Waals surface area contributed by atoms with Crippen LogP contribution in [-0.2, 0) is 20.7 Å². The molecule has 0 saturated heterocycles. The van der Waals surface area contributed by atoms with Crippen LogP contribution >= 0.6 is 0 Å². The SMILES string of the molecule is Cc1c(-c2ccc(OCc3c(-c4ccc(C(F)F)cn4)nnn3C)nn2)cnn1C. The van der Waals surface area contributed by atoms with Crippen molar-refractivity contribution in [1.29, 1.82) is 0 Å². The molecule has 0 amide bonds.